The van der Waals surface area contributed by atoms with Crippen LogP contribution >= 0.6 is 22.6 Å². The lowest BCUT2D eigenvalue weighted by Gasteiger charge is -2.20. The summed E-state index contributed by atoms with van der Waals surface area (Å²) in [5, 5.41) is 0. The van der Waals surface area contributed by atoms with Crippen molar-refractivity contribution in [1.29, 1.82) is 0 Å². The van der Waals surface area contributed by atoms with Crippen LogP contribution in [0, 0.1) is 3.57 Å². The highest BCUT2D eigenvalue weighted by Gasteiger charge is 2.23. The van der Waals surface area contributed by atoms with Crippen LogP contribution in [0.2, 0.25) is 0 Å². The molecule has 0 amide bonds. The average molecular weight is 308 g/mol. The lowest BCUT2D eigenvalue weighted by Crippen LogP contribution is -2.24. The maximum Gasteiger partial charge on any atom is 0.278 e. The first-order valence-corrected chi connectivity index (χ1v) is 5.17. The van der Waals surface area contributed by atoms with Gasteiger partial charge in [-0.25, -0.2) is 8.78 Å². The van der Waals surface area contributed by atoms with Crippen LogP contribution in [0.1, 0.15) is 5.56 Å². The van der Waals surface area contributed by atoms with E-state index in [0.717, 1.165) is 9.13 Å². The van der Waals surface area contributed by atoms with Crippen molar-refractivity contribution in [3.05, 3.63) is 33.4 Å². The fourth-order valence-corrected chi connectivity index (χ4v) is 1.79. The van der Waals surface area contributed by atoms with Crippen molar-refractivity contribution in [3.63, 3.8) is 0 Å². The lowest BCUT2D eigenvalue weighted by atomic mass is 10.1. The van der Waals surface area contributed by atoms with Crippen molar-refractivity contribution in [2.75, 3.05) is 0 Å². The van der Waals surface area contributed by atoms with Gasteiger partial charge in [-0.05, 0) is 46.9 Å². The normalized spacial score (nSPS) is 19.3. The van der Waals surface area contributed by atoms with Gasteiger partial charge in [-0.15, -0.1) is 0 Å². The van der Waals surface area contributed by atoms with Crippen molar-refractivity contribution < 1.29 is 13.5 Å². The molecule has 2 rings (SSSR count). The van der Waals surface area contributed by atoms with E-state index in [1.165, 1.54) is 6.08 Å². The summed E-state index contributed by atoms with van der Waals surface area (Å²) in [4.78, 5) is 0. The molecule has 1 nitrogen and oxygen atoms in total. The molecule has 0 saturated carbocycles. The van der Waals surface area contributed by atoms with E-state index in [2.05, 4.69) is 22.6 Å². The third-order valence-corrected chi connectivity index (χ3v) is 2.62. The number of ether oxygens (including phenoxy) is 1. The van der Waals surface area contributed by atoms with Gasteiger partial charge in [0.15, 0.2) is 6.10 Å². The fourth-order valence-electron chi connectivity index (χ4n) is 1.28. The first kappa shape index (κ1) is 9.89. The molecule has 0 fully saturated rings. The van der Waals surface area contributed by atoms with Crippen LogP contribution in [0.4, 0.5) is 8.78 Å². The topological polar surface area (TPSA) is 9.23 Å². The summed E-state index contributed by atoms with van der Waals surface area (Å²) in [5.41, 5.74) is 0.855. The second kappa shape index (κ2) is 3.84. The Morgan fingerprint density at radius 1 is 1.36 bits per heavy atom. The van der Waals surface area contributed by atoms with E-state index in [1.54, 1.807) is 12.1 Å². The molecule has 0 aliphatic carbocycles. The van der Waals surface area contributed by atoms with E-state index in [1.807, 2.05) is 12.1 Å². The molecular formula is C10H7F2IO. The summed E-state index contributed by atoms with van der Waals surface area (Å²) in [6.07, 6.45) is -0.512. The van der Waals surface area contributed by atoms with Crippen LogP contribution < -0.4 is 4.74 Å². The lowest BCUT2D eigenvalue weighted by molar-refractivity contribution is 0.0376. The molecule has 0 spiro atoms. The summed E-state index contributed by atoms with van der Waals surface area (Å²) < 4.78 is 30.8. The molecule has 1 aromatic rings. The van der Waals surface area contributed by atoms with Crippen molar-refractivity contribution in [2.24, 2.45) is 0 Å². The number of benzene rings is 1. The molecule has 0 radical (unpaired) electrons. The minimum atomic E-state index is -2.47. The number of fused-ring (bicyclic) bond motifs is 1. The Kier molecular flexibility index (Phi) is 2.71. The minimum Gasteiger partial charge on any atom is -0.480 e. The predicted molar refractivity (Wildman–Crippen MR) is 58.6 cm³/mol. The number of halogens is 3. The molecule has 74 valence electrons. The molecule has 1 aromatic carbocycles. The van der Waals surface area contributed by atoms with Crippen molar-refractivity contribution >= 4 is 28.7 Å². The second-order valence-corrected chi connectivity index (χ2v) is 4.20. The minimum absolute atomic E-state index is 0.526. The number of alkyl halides is 2. The van der Waals surface area contributed by atoms with Gasteiger partial charge in [0.2, 0.25) is 0 Å². The zero-order valence-electron chi connectivity index (χ0n) is 7.08. The second-order valence-electron chi connectivity index (χ2n) is 2.96. The third kappa shape index (κ3) is 1.89. The monoisotopic (exact) mass is 308 g/mol. The van der Waals surface area contributed by atoms with Gasteiger partial charge in [-0.1, -0.05) is 6.08 Å². The molecule has 0 saturated heterocycles. The summed E-state index contributed by atoms with van der Waals surface area (Å²) in [7, 11) is 0. The standard InChI is InChI=1S/C10H7F2IO/c11-10(12)9-3-1-6-5-7(13)2-4-8(6)14-9/h1-5,9-10H. The Bertz CT molecular complexity index is 376. The van der Waals surface area contributed by atoms with Gasteiger partial charge in [-0.3, -0.25) is 0 Å². The summed E-state index contributed by atoms with van der Waals surface area (Å²) in [6.45, 7) is 0. The van der Waals surface area contributed by atoms with E-state index < -0.39 is 12.5 Å². The van der Waals surface area contributed by atoms with Crippen molar-refractivity contribution in [3.8, 4) is 5.75 Å². The van der Waals surface area contributed by atoms with Gasteiger partial charge in [0.1, 0.15) is 5.75 Å². The highest BCUT2D eigenvalue weighted by Crippen LogP contribution is 2.29. The Balaban J connectivity index is 2.31. The molecule has 4 heteroatoms. The molecule has 1 heterocycles. The SMILES string of the molecule is FC(F)C1C=Cc2cc(I)ccc2O1. The molecule has 1 unspecified atom stereocenters. The largest absolute Gasteiger partial charge is 0.480 e. The molecule has 0 bridgehead atoms. The van der Waals surface area contributed by atoms with Crippen LogP contribution in [0.3, 0.4) is 0 Å². The molecule has 1 aliphatic heterocycles. The van der Waals surface area contributed by atoms with E-state index in [0.29, 0.717) is 5.75 Å². The molecule has 1 aliphatic rings. The summed E-state index contributed by atoms with van der Waals surface area (Å²) in [5.74, 6) is 0.526. The van der Waals surface area contributed by atoms with E-state index in [9.17, 15) is 8.78 Å². The maximum absolute atomic E-state index is 12.3. The average Bonchev–Trinajstić information content (AvgIpc) is 2.16. The van der Waals surface area contributed by atoms with Crippen LogP contribution in [-0.2, 0) is 0 Å². The smallest absolute Gasteiger partial charge is 0.278 e. The Morgan fingerprint density at radius 2 is 2.14 bits per heavy atom. The Labute approximate surface area is 93.9 Å². The van der Waals surface area contributed by atoms with Crippen LogP contribution in [-0.4, -0.2) is 12.5 Å². The van der Waals surface area contributed by atoms with E-state index in [4.69, 9.17) is 4.74 Å². The fraction of sp³-hybridized carbons (Fsp3) is 0.200. The third-order valence-electron chi connectivity index (χ3n) is 1.95. The number of hydrogen-bond donors (Lipinski definition) is 0. The van der Waals surface area contributed by atoms with Crippen LogP contribution in [0.25, 0.3) is 6.08 Å². The van der Waals surface area contributed by atoms with E-state index >= 15 is 0 Å². The molecule has 0 aromatic heterocycles. The van der Waals surface area contributed by atoms with Gasteiger partial charge in [0.05, 0.1) is 0 Å². The Hall–Kier alpha value is -0.650. The zero-order chi connectivity index (χ0) is 10.1. The first-order chi connectivity index (χ1) is 6.66. The molecule has 1 atom stereocenters. The van der Waals surface area contributed by atoms with Gasteiger partial charge < -0.3 is 4.74 Å². The van der Waals surface area contributed by atoms with Gasteiger partial charge in [-0.2, -0.15) is 0 Å². The molecule has 0 N–H and O–H groups in total. The molecular weight excluding hydrogens is 301 g/mol. The Morgan fingerprint density at radius 3 is 2.86 bits per heavy atom. The van der Waals surface area contributed by atoms with E-state index in [-0.39, 0.29) is 0 Å². The summed E-state index contributed by atoms with van der Waals surface area (Å²) >= 11 is 2.17. The van der Waals surface area contributed by atoms with Crippen molar-refractivity contribution in [1.82, 2.24) is 0 Å². The summed E-state index contributed by atoms with van der Waals surface area (Å²) in [6, 6.07) is 5.45. The highest BCUT2D eigenvalue weighted by molar-refractivity contribution is 14.1. The quantitative estimate of drug-likeness (QED) is 0.723. The van der Waals surface area contributed by atoms with Crippen molar-refractivity contribution in [2.45, 2.75) is 12.5 Å². The zero-order valence-corrected chi connectivity index (χ0v) is 9.24. The van der Waals surface area contributed by atoms with Gasteiger partial charge >= 0.3 is 0 Å². The number of rotatable bonds is 1. The first-order valence-electron chi connectivity index (χ1n) is 4.09. The number of hydrogen-bond acceptors (Lipinski definition) is 1. The van der Waals surface area contributed by atoms with Crippen LogP contribution in [0.5, 0.6) is 5.75 Å². The molecule has 14 heavy (non-hydrogen) atoms. The highest BCUT2D eigenvalue weighted by atomic mass is 127. The van der Waals surface area contributed by atoms with Crippen LogP contribution in [0.15, 0.2) is 24.3 Å². The maximum atomic E-state index is 12.3. The van der Waals surface area contributed by atoms with Gasteiger partial charge in [0, 0.05) is 9.13 Å². The predicted octanol–water partition coefficient (Wildman–Crippen LogP) is 3.33. The van der Waals surface area contributed by atoms with Gasteiger partial charge in [0.25, 0.3) is 6.43 Å².